The third-order valence-electron chi connectivity index (χ3n) is 4.70. The van der Waals surface area contributed by atoms with Crippen molar-refractivity contribution in [2.75, 3.05) is 17.2 Å². The van der Waals surface area contributed by atoms with E-state index in [-0.39, 0.29) is 58.3 Å². The molecule has 24 heteroatoms. The molecule has 2 heterocycles. The fraction of sp³-hybridized carbons (Fsp3) is 0.562. The molecule has 4 amide bonds. The maximum absolute atomic E-state index is 12.2. The molecule has 0 saturated heterocycles. The summed E-state index contributed by atoms with van der Waals surface area (Å²) in [5.41, 5.74) is 0.633. The molecular formula is C32H49LiN8O13S2. The van der Waals surface area contributed by atoms with Gasteiger partial charge in [-0.15, -0.1) is 22.7 Å². The van der Waals surface area contributed by atoms with Crippen LogP contribution < -0.4 is 40.3 Å². The van der Waals surface area contributed by atoms with Crippen LogP contribution in [0.4, 0.5) is 29.4 Å². The number of ether oxygens (including phenoxy) is 5. The van der Waals surface area contributed by atoms with Crippen molar-refractivity contribution < 1.29 is 81.9 Å². The van der Waals surface area contributed by atoms with Crippen LogP contribution in [0, 0.1) is 0 Å². The third-order valence-corrected chi connectivity index (χ3v) is 6.21. The van der Waals surface area contributed by atoms with Crippen molar-refractivity contribution in [2.45, 2.75) is 112 Å². The number of nitrogens with zero attached hydrogens (tertiary/aromatic N) is 4. The summed E-state index contributed by atoms with van der Waals surface area (Å²) >= 11 is 2.04. The first-order chi connectivity index (χ1) is 24.6. The van der Waals surface area contributed by atoms with Gasteiger partial charge in [-0.05, 0) is 90.0 Å². The average molecular weight is 825 g/mol. The van der Waals surface area contributed by atoms with E-state index in [1.165, 1.54) is 10.8 Å². The molecule has 0 unspecified atom stereocenters. The zero-order chi connectivity index (χ0) is 41.7. The molecule has 0 spiro atoms. The van der Waals surface area contributed by atoms with Crippen LogP contribution in [0.3, 0.4) is 0 Å². The largest absolute Gasteiger partial charge is 1.00 e. The number of aliphatic carboxylic acids is 1. The standard InChI is InChI=1S/C17H26N4O6S.C15H22N4O6S.Li.H2O/c1-8-25-12(22)11(20-21-15(24)27-17(5,6)7)10-9-28-13(18-10)19-14(23)26-16(2,3)4;1-14(2,3)24-12(22)17-11-16-8(7-26-11)9(10(20)21)18-19-13(23)25-15(4,5)6;;/h9H,8H2,1-7H3,(H,21,24)(H,18,19,23);7H,1-6H3,(H,19,23)(H,20,21)(H,16,17,22);;1H2/q;;+1;/p-1. The van der Waals surface area contributed by atoms with Crippen molar-refractivity contribution in [3.63, 3.8) is 0 Å². The summed E-state index contributed by atoms with van der Waals surface area (Å²) in [4.78, 5) is 78.5. The van der Waals surface area contributed by atoms with Crippen LogP contribution in [-0.4, -0.2) is 97.3 Å². The molecule has 0 radical (unpaired) electrons. The molecule has 0 aliphatic heterocycles. The van der Waals surface area contributed by atoms with Crippen LogP contribution in [0.25, 0.3) is 0 Å². The number of rotatable bonds is 9. The van der Waals surface area contributed by atoms with E-state index < -0.39 is 64.4 Å². The van der Waals surface area contributed by atoms with Gasteiger partial charge in [0, 0.05) is 10.8 Å². The van der Waals surface area contributed by atoms with E-state index >= 15 is 0 Å². The zero-order valence-corrected chi connectivity index (χ0v) is 35.5. The minimum absolute atomic E-state index is 0. The Labute approximate surface area is 344 Å². The first-order valence-electron chi connectivity index (χ1n) is 16.0. The predicted molar refractivity (Wildman–Crippen MR) is 202 cm³/mol. The van der Waals surface area contributed by atoms with E-state index in [4.69, 9.17) is 23.7 Å². The van der Waals surface area contributed by atoms with Gasteiger partial charge in [0.2, 0.25) is 0 Å². The molecule has 56 heavy (non-hydrogen) atoms. The number of amides is 4. The molecule has 2 aromatic rings. The summed E-state index contributed by atoms with van der Waals surface area (Å²) in [5, 5.41) is 24.6. The Morgan fingerprint density at radius 3 is 1.27 bits per heavy atom. The van der Waals surface area contributed by atoms with Gasteiger partial charge in [0.15, 0.2) is 21.7 Å². The Bertz CT molecular complexity index is 1720. The van der Waals surface area contributed by atoms with Gasteiger partial charge in [0.05, 0.1) is 6.61 Å². The number of thiazole rings is 2. The maximum Gasteiger partial charge on any atom is 1.00 e. The number of anilines is 2. The second-order valence-corrected chi connectivity index (χ2v) is 16.2. The topological polar surface area (TPSA) is 297 Å². The molecule has 0 aliphatic rings. The molecule has 2 rings (SSSR count). The smallest absolute Gasteiger partial charge is 0.870 e. The summed E-state index contributed by atoms with van der Waals surface area (Å²) in [6.07, 6.45) is -3.15. The molecule has 6 N–H and O–H groups in total. The summed E-state index contributed by atoms with van der Waals surface area (Å²) < 4.78 is 25.2. The van der Waals surface area contributed by atoms with E-state index in [1.54, 1.807) is 90.0 Å². The number of carbonyl (C=O) groups is 6. The molecule has 0 aromatic carbocycles. The Balaban J connectivity index is 0. The minimum Gasteiger partial charge on any atom is -0.870 e. The van der Waals surface area contributed by atoms with Gasteiger partial charge in [-0.3, -0.25) is 10.6 Å². The van der Waals surface area contributed by atoms with Crippen molar-refractivity contribution >= 4 is 80.7 Å². The van der Waals surface area contributed by atoms with Crippen LogP contribution >= 0.6 is 22.7 Å². The third kappa shape index (κ3) is 23.2. The van der Waals surface area contributed by atoms with Crippen molar-refractivity contribution in [3.8, 4) is 0 Å². The Kier molecular flexibility index (Phi) is 21.6. The van der Waals surface area contributed by atoms with Crippen molar-refractivity contribution in [1.82, 2.24) is 20.8 Å². The van der Waals surface area contributed by atoms with Crippen molar-refractivity contribution in [3.05, 3.63) is 22.1 Å². The van der Waals surface area contributed by atoms with Gasteiger partial charge in [0.25, 0.3) is 0 Å². The van der Waals surface area contributed by atoms with Gasteiger partial charge in [-0.2, -0.15) is 10.2 Å². The zero-order valence-electron chi connectivity index (χ0n) is 33.9. The molecular weight excluding hydrogens is 775 g/mol. The van der Waals surface area contributed by atoms with Crippen molar-refractivity contribution in [2.24, 2.45) is 10.2 Å². The van der Waals surface area contributed by atoms with E-state index in [0.717, 1.165) is 22.7 Å². The number of carboxylic acid groups (broad SMARTS) is 1. The van der Waals surface area contributed by atoms with E-state index in [2.05, 4.69) is 36.2 Å². The second kappa shape index (κ2) is 22.7. The van der Waals surface area contributed by atoms with Gasteiger partial charge in [-0.25, -0.2) is 49.6 Å². The molecule has 0 saturated carbocycles. The molecule has 0 aliphatic carbocycles. The number of aromatic nitrogens is 2. The first kappa shape index (κ1) is 53.3. The quantitative estimate of drug-likeness (QED) is 0.0799. The van der Waals surface area contributed by atoms with E-state index in [0.29, 0.717) is 0 Å². The molecule has 308 valence electrons. The molecule has 0 bridgehead atoms. The number of esters is 1. The summed E-state index contributed by atoms with van der Waals surface area (Å²) in [7, 11) is 0. The van der Waals surface area contributed by atoms with Gasteiger partial charge < -0.3 is 34.3 Å². The Morgan fingerprint density at radius 1 is 0.625 bits per heavy atom. The van der Waals surface area contributed by atoms with E-state index in [1.807, 2.05) is 5.43 Å². The SMILES string of the molecule is CC(C)(C)OC(=O)NN=C(C(=O)O)c1csc(NC(=O)OC(C)(C)C)n1.CCOC(=O)C(=NNC(=O)OC(C)(C)C)c1csc(NC(=O)OC(C)(C)C)n1.[Li+].[OH-]. The number of nitrogens with one attached hydrogen (secondary N) is 4. The summed E-state index contributed by atoms with van der Waals surface area (Å²) in [5.74, 6) is -2.19. The number of hydrogen-bond donors (Lipinski definition) is 5. The molecule has 0 atom stereocenters. The Hall–Kier alpha value is -4.82. The maximum atomic E-state index is 12.2. The fourth-order valence-corrected chi connectivity index (χ4v) is 4.45. The normalized spacial score (nSPS) is 11.8. The van der Waals surface area contributed by atoms with Gasteiger partial charge in [0.1, 0.15) is 33.8 Å². The number of carboxylic acids is 1. The van der Waals surface area contributed by atoms with Crippen LogP contribution in [0.15, 0.2) is 21.0 Å². The molecule has 21 nitrogen and oxygen atoms in total. The number of hydrogen-bond acceptors (Lipinski definition) is 18. The predicted octanol–water partition coefficient (Wildman–Crippen LogP) is 2.91. The fourth-order valence-electron chi connectivity index (χ4n) is 3.09. The minimum atomic E-state index is -1.41. The molecule has 0 fully saturated rings. The average Bonchev–Trinajstić information content (AvgIpc) is 3.59. The van der Waals surface area contributed by atoms with Crippen LogP contribution in [0.1, 0.15) is 101 Å². The van der Waals surface area contributed by atoms with Crippen LogP contribution in [0.5, 0.6) is 0 Å². The second-order valence-electron chi connectivity index (χ2n) is 14.5. The summed E-state index contributed by atoms with van der Waals surface area (Å²) in [6, 6.07) is 0. The van der Waals surface area contributed by atoms with Gasteiger partial charge in [-0.1, -0.05) is 0 Å². The first-order valence-corrected chi connectivity index (χ1v) is 17.8. The monoisotopic (exact) mass is 824 g/mol. The van der Waals surface area contributed by atoms with Gasteiger partial charge >= 0.3 is 55.2 Å². The van der Waals surface area contributed by atoms with Crippen LogP contribution in [-0.2, 0) is 33.3 Å². The summed E-state index contributed by atoms with van der Waals surface area (Å²) in [6.45, 7) is 22.1. The van der Waals surface area contributed by atoms with Crippen LogP contribution in [0.2, 0.25) is 0 Å². The van der Waals surface area contributed by atoms with Crippen molar-refractivity contribution in [1.29, 1.82) is 0 Å². The van der Waals surface area contributed by atoms with E-state index in [9.17, 15) is 33.9 Å². The number of hydrazone groups is 2. The number of carbonyl (C=O) groups excluding carboxylic acids is 5. The molecule has 2 aromatic heterocycles. The Morgan fingerprint density at radius 2 is 0.946 bits per heavy atom.